The van der Waals surface area contributed by atoms with Gasteiger partial charge in [0, 0.05) is 44.3 Å². The highest BCUT2D eigenvalue weighted by Crippen LogP contribution is 2.28. The minimum Gasteiger partial charge on any atom is -0.475 e. The third-order valence-electron chi connectivity index (χ3n) is 4.95. The number of para-hydroxylation sites is 1. The molecule has 1 N–H and O–H groups in total. The lowest BCUT2D eigenvalue weighted by Gasteiger charge is -2.17. The molecule has 154 valence electrons. The number of ether oxygens (including phenoxy) is 2. The first-order valence-electron chi connectivity index (χ1n) is 9.91. The van der Waals surface area contributed by atoms with Crippen LogP contribution in [-0.4, -0.2) is 42.7 Å². The van der Waals surface area contributed by atoms with Gasteiger partial charge in [0.15, 0.2) is 0 Å². The zero-order valence-electron chi connectivity index (χ0n) is 16.9. The number of amides is 1. The summed E-state index contributed by atoms with van der Waals surface area (Å²) in [6.45, 7) is 2.28. The van der Waals surface area contributed by atoms with Crippen molar-refractivity contribution >= 4 is 17.4 Å². The Bertz CT molecular complexity index is 990. The minimum atomic E-state index is -0.0211. The van der Waals surface area contributed by atoms with E-state index >= 15 is 0 Å². The van der Waals surface area contributed by atoms with Crippen LogP contribution in [0.1, 0.15) is 21.5 Å². The first kappa shape index (κ1) is 19.8. The van der Waals surface area contributed by atoms with Crippen molar-refractivity contribution in [1.82, 2.24) is 9.97 Å². The highest BCUT2D eigenvalue weighted by molar-refractivity contribution is 6.07. The molecule has 0 atom stereocenters. The van der Waals surface area contributed by atoms with Crippen LogP contribution in [0.5, 0.6) is 5.88 Å². The second-order valence-electron chi connectivity index (χ2n) is 6.97. The molecule has 1 amide bonds. The normalized spacial score (nSPS) is 12.5. The summed E-state index contributed by atoms with van der Waals surface area (Å²) in [4.78, 5) is 23.4. The number of hydrogen-bond donors (Lipinski definition) is 1. The lowest BCUT2D eigenvalue weighted by atomic mass is 10.2. The zero-order valence-corrected chi connectivity index (χ0v) is 16.9. The van der Waals surface area contributed by atoms with Gasteiger partial charge in [-0.05, 0) is 35.7 Å². The Kier molecular flexibility index (Phi) is 6.20. The van der Waals surface area contributed by atoms with Crippen molar-refractivity contribution in [2.24, 2.45) is 0 Å². The van der Waals surface area contributed by atoms with E-state index in [1.165, 1.54) is 5.56 Å². The van der Waals surface area contributed by atoms with Gasteiger partial charge in [0.1, 0.15) is 12.4 Å². The zero-order chi connectivity index (χ0) is 20.8. The number of anilines is 2. The number of carbonyl (C=O) groups is 1. The largest absolute Gasteiger partial charge is 0.475 e. The van der Waals surface area contributed by atoms with Gasteiger partial charge in [-0.1, -0.05) is 24.3 Å². The van der Waals surface area contributed by atoms with E-state index in [0.717, 1.165) is 17.7 Å². The lowest BCUT2D eigenvalue weighted by Crippen LogP contribution is -2.28. The van der Waals surface area contributed by atoms with Crippen molar-refractivity contribution in [2.75, 3.05) is 37.1 Å². The maximum Gasteiger partial charge on any atom is 0.259 e. The molecule has 3 heterocycles. The summed E-state index contributed by atoms with van der Waals surface area (Å²) in [5.74, 6) is 1.25. The molecule has 1 aliphatic heterocycles. The Balaban J connectivity index is 1.32. The molecule has 1 aromatic carbocycles. The van der Waals surface area contributed by atoms with E-state index in [-0.39, 0.29) is 5.91 Å². The van der Waals surface area contributed by atoms with Crippen molar-refractivity contribution in [1.29, 1.82) is 0 Å². The van der Waals surface area contributed by atoms with Crippen LogP contribution in [0.25, 0.3) is 0 Å². The molecule has 0 bridgehead atoms. The molecule has 0 saturated heterocycles. The molecular formula is C23H24N4O3. The molecule has 7 heteroatoms. The smallest absolute Gasteiger partial charge is 0.259 e. The molecule has 0 saturated carbocycles. The van der Waals surface area contributed by atoms with Crippen LogP contribution >= 0.6 is 0 Å². The van der Waals surface area contributed by atoms with Crippen LogP contribution in [0, 0.1) is 0 Å². The van der Waals surface area contributed by atoms with Gasteiger partial charge >= 0.3 is 0 Å². The summed E-state index contributed by atoms with van der Waals surface area (Å²) in [5.41, 5.74) is 3.79. The monoisotopic (exact) mass is 404 g/mol. The number of pyridine rings is 2. The highest BCUT2D eigenvalue weighted by Gasteiger charge is 2.25. The maximum absolute atomic E-state index is 12.9. The molecule has 0 radical (unpaired) electrons. The highest BCUT2D eigenvalue weighted by atomic mass is 16.5. The fourth-order valence-corrected chi connectivity index (χ4v) is 3.35. The van der Waals surface area contributed by atoms with Crippen molar-refractivity contribution < 1.29 is 14.3 Å². The van der Waals surface area contributed by atoms with E-state index in [1.807, 2.05) is 47.4 Å². The second kappa shape index (κ2) is 9.37. The van der Waals surface area contributed by atoms with Gasteiger partial charge in [-0.25, -0.2) is 9.97 Å². The second-order valence-corrected chi connectivity index (χ2v) is 6.97. The van der Waals surface area contributed by atoms with Gasteiger partial charge in [-0.2, -0.15) is 0 Å². The van der Waals surface area contributed by atoms with Crippen LogP contribution in [0.3, 0.4) is 0 Å². The Morgan fingerprint density at radius 1 is 1.07 bits per heavy atom. The number of nitrogens with one attached hydrogen (secondary N) is 1. The van der Waals surface area contributed by atoms with Gasteiger partial charge in [0.2, 0.25) is 5.88 Å². The average Bonchev–Trinajstić information content (AvgIpc) is 3.23. The number of hydrogen-bond acceptors (Lipinski definition) is 6. The molecule has 7 nitrogen and oxygen atoms in total. The van der Waals surface area contributed by atoms with Crippen molar-refractivity contribution in [3.63, 3.8) is 0 Å². The van der Waals surface area contributed by atoms with Crippen LogP contribution in [-0.2, 0) is 17.7 Å². The maximum atomic E-state index is 12.9. The summed E-state index contributed by atoms with van der Waals surface area (Å²) in [6.07, 6.45) is 4.27. The summed E-state index contributed by atoms with van der Waals surface area (Å²) >= 11 is 0. The third kappa shape index (κ3) is 4.58. The van der Waals surface area contributed by atoms with Gasteiger partial charge in [0.05, 0.1) is 12.2 Å². The summed E-state index contributed by atoms with van der Waals surface area (Å²) in [7, 11) is 1.63. The molecule has 3 aromatic rings. The minimum absolute atomic E-state index is 0.0211. The molecule has 0 unspecified atom stereocenters. The predicted molar refractivity (Wildman–Crippen MR) is 115 cm³/mol. The summed E-state index contributed by atoms with van der Waals surface area (Å²) in [5, 5.41) is 3.25. The molecule has 2 aromatic heterocycles. The molecule has 30 heavy (non-hydrogen) atoms. The number of nitrogens with zero attached hydrogens (tertiary/aromatic N) is 3. The van der Waals surface area contributed by atoms with Crippen LogP contribution in [0.2, 0.25) is 0 Å². The SMILES string of the molecule is COCCOc1ccc(CNc2ccc(C(=O)N3CCc4ccccc43)cn2)cn1. The van der Waals surface area contributed by atoms with Gasteiger partial charge in [-0.15, -0.1) is 0 Å². The van der Waals surface area contributed by atoms with E-state index in [2.05, 4.69) is 21.4 Å². The third-order valence-corrected chi connectivity index (χ3v) is 4.95. The fraction of sp³-hybridized carbons (Fsp3) is 0.261. The number of benzene rings is 1. The summed E-state index contributed by atoms with van der Waals surface area (Å²) in [6, 6.07) is 15.4. The lowest BCUT2D eigenvalue weighted by molar-refractivity contribution is 0.0989. The molecular weight excluding hydrogens is 380 g/mol. The van der Waals surface area contributed by atoms with Gasteiger partial charge < -0.3 is 19.7 Å². The fourth-order valence-electron chi connectivity index (χ4n) is 3.35. The Hall–Kier alpha value is -3.45. The Morgan fingerprint density at radius 3 is 2.73 bits per heavy atom. The number of fused-ring (bicyclic) bond motifs is 1. The number of rotatable bonds is 8. The molecule has 4 rings (SSSR count). The Morgan fingerprint density at radius 2 is 1.97 bits per heavy atom. The molecule has 0 fully saturated rings. The van der Waals surface area contributed by atoms with Crippen molar-refractivity contribution in [2.45, 2.75) is 13.0 Å². The van der Waals surface area contributed by atoms with E-state index in [1.54, 1.807) is 19.5 Å². The van der Waals surface area contributed by atoms with Crippen LogP contribution < -0.4 is 15.0 Å². The quantitative estimate of drug-likeness (QED) is 0.581. The number of methoxy groups -OCH3 is 1. The number of aromatic nitrogens is 2. The standard InChI is InChI=1S/C23H24N4O3/c1-29-12-13-30-22-9-6-17(15-26-22)14-24-21-8-7-19(16-25-21)23(28)27-11-10-18-4-2-3-5-20(18)27/h2-9,15-16H,10-14H2,1H3,(H,24,25). The summed E-state index contributed by atoms with van der Waals surface area (Å²) < 4.78 is 10.4. The number of carbonyl (C=O) groups excluding carboxylic acids is 1. The Labute approximate surface area is 175 Å². The van der Waals surface area contributed by atoms with E-state index in [4.69, 9.17) is 9.47 Å². The van der Waals surface area contributed by atoms with Crippen molar-refractivity contribution in [3.05, 3.63) is 77.6 Å². The van der Waals surface area contributed by atoms with Crippen LogP contribution in [0.15, 0.2) is 60.9 Å². The van der Waals surface area contributed by atoms with Gasteiger partial charge in [-0.3, -0.25) is 4.79 Å². The topological polar surface area (TPSA) is 76.6 Å². The average molecular weight is 404 g/mol. The van der Waals surface area contributed by atoms with Crippen LogP contribution in [0.4, 0.5) is 11.5 Å². The van der Waals surface area contributed by atoms with Crippen molar-refractivity contribution in [3.8, 4) is 5.88 Å². The molecule has 0 spiro atoms. The molecule has 0 aliphatic carbocycles. The first-order valence-corrected chi connectivity index (χ1v) is 9.91. The van der Waals surface area contributed by atoms with Gasteiger partial charge in [0.25, 0.3) is 5.91 Å². The molecule has 1 aliphatic rings. The van der Waals surface area contributed by atoms with E-state index < -0.39 is 0 Å². The van der Waals surface area contributed by atoms with E-state index in [0.29, 0.717) is 43.6 Å². The first-order chi connectivity index (χ1) is 14.7. The predicted octanol–water partition coefficient (Wildman–Crippen LogP) is 3.32. The van der Waals surface area contributed by atoms with E-state index in [9.17, 15) is 4.79 Å².